The number of hydrogen-bond acceptors (Lipinski definition) is 5. The van der Waals surface area contributed by atoms with Crippen LogP contribution in [-0.2, 0) is 11.3 Å². The van der Waals surface area contributed by atoms with E-state index in [0.717, 1.165) is 0 Å². The maximum absolute atomic E-state index is 10.5. The van der Waals surface area contributed by atoms with Gasteiger partial charge in [0.05, 0.1) is 11.5 Å². The first-order valence-corrected chi connectivity index (χ1v) is 4.78. The van der Waals surface area contributed by atoms with Crippen molar-refractivity contribution in [2.24, 2.45) is 0 Å². The van der Waals surface area contributed by atoms with Crippen LogP contribution in [0.15, 0.2) is 30.6 Å². The Morgan fingerprint density at radius 1 is 1.35 bits per heavy atom. The van der Waals surface area contributed by atoms with Crippen LogP contribution < -0.4 is 0 Å². The van der Waals surface area contributed by atoms with Gasteiger partial charge in [-0.05, 0) is 12.1 Å². The third-order valence-corrected chi connectivity index (χ3v) is 2.13. The minimum atomic E-state index is -0.470. The molecule has 0 amide bonds. The van der Waals surface area contributed by atoms with Crippen molar-refractivity contribution in [1.29, 1.82) is 0 Å². The van der Waals surface area contributed by atoms with Crippen molar-refractivity contribution in [3.63, 3.8) is 0 Å². The number of non-ortho nitro benzene ring substituents is 1. The number of aromatic nitrogens is 3. The van der Waals surface area contributed by atoms with E-state index in [4.69, 9.17) is 0 Å². The molecule has 86 valence electrons. The predicted molar refractivity (Wildman–Crippen MR) is 58.2 cm³/mol. The van der Waals surface area contributed by atoms with Crippen LogP contribution in [0.5, 0.6) is 0 Å². The second-order valence-electron chi connectivity index (χ2n) is 3.26. The summed E-state index contributed by atoms with van der Waals surface area (Å²) in [5, 5.41) is 14.5. The largest absolute Gasteiger partial charge is 0.301 e. The standard InChI is InChI=1S/C10H8N4O3/c15-6-5-13-7-11-10(12-13)8-1-3-9(4-2-8)14(16)17/h1-4,6-7H,5H2. The van der Waals surface area contributed by atoms with E-state index in [1.54, 1.807) is 12.1 Å². The summed E-state index contributed by atoms with van der Waals surface area (Å²) in [5.74, 6) is 0.432. The fraction of sp³-hybridized carbons (Fsp3) is 0.100. The van der Waals surface area contributed by atoms with Gasteiger partial charge in [0.1, 0.15) is 12.6 Å². The number of carbonyl (C=O) groups excluding carboxylic acids is 1. The van der Waals surface area contributed by atoms with Gasteiger partial charge in [-0.1, -0.05) is 0 Å². The van der Waals surface area contributed by atoms with Crippen molar-refractivity contribution < 1.29 is 9.72 Å². The smallest absolute Gasteiger partial charge is 0.269 e. The summed E-state index contributed by atoms with van der Waals surface area (Å²) >= 11 is 0. The van der Waals surface area contributed by atoms with Gasteiger partial charge in [0.15, 0.2) is 5.82 Å². The summed E-state index contributed by atoms with van der Waals surface area (Å²) in [6.07, 6.45) is 2.15. The zero-order valence-corrected chi connectivity index (χ0v) is 8.68. The van der Waals surface area contributed by atoms with Crippen LogP contribution in [0, 0.1) is 10.1 Å². The normalized spacial score (nSPS) is 10.1. The fourth-order valence-corrected chi connectivity index (χ4v) is 1.32. The first-order chi connectivity index (χ1) is 8.20. The van der Waals surface area contributed by atoms with E-state index >= 15 is 0 Å². The molecule has 7 nitrogen and oxygen atoms in total. The van der Waals surface area contributed by atoms with Crippen molar-refractivity contribution in [1.82, 2.24) is 14.8 Å². The Hall–Kier alpha value is -2.57. The summed E-state index contributed by atoms with van der Waals surface area (Å²) in [6.45, 7) is 0.139. The van der Waals surface area contributed by atoms with E-state index in [1.807, 2.05) is 0 Å². The minimum absolute atomic E-state index is 0.0149. The van der Waals surface area contributed by atoms with Crippen LogP contribution in [0.3, 0.4) is 0 Å². The van der Waals surface area contributed by atoms with Crippen LogP contribution in [0.4, 0.5) is 5.69 Å². The Kier molecular flexibility index (Phi) is 2.91. The van der Waals surface area contributed by atoms with Gasteiger partial charge in [0.2, 0.25) is 0 Å². The number of carbonyl (C=O) groups is 1. The maximum Gasteiger partial charge on any atom is 0.269 e. The molecular weight excluding hydrogens is 224 g/mol. The maximum atomic E-state index is 10.5. The highest BCUT2D eigenvalue weighted by atomic mass is 16.6. The summed E-state index contributed by atoms with van der Waals surface area (Å²) in [5.41, 5.74) is 0.682. The molecule has 7 heteroatoms. The number of nitro benzene ring substituents is 1. The molecule has 0 saturated heterocycles. The van der Waals surface area contributed by atoms with Gasteiger partial charge >= 0.3 is 0 Å². The van der Waals surface area contributed by atoms with E-state index in [0.29, 0.717) is 17.7 Å². The van der Waals surface area contributed by atoms with E-state index < -0.39 is 4.92 Å². The van der Waals surface area contributed by atoms with Crippen molar-refractivity contribution in [2.75, 3.05) is 0 Å². The van der Waals surface area contributed by atoms with Gasteiger partial charge in [0, 0.05) is 17.7 Å². The summed E-state index contributed by atoms with van der Waals surface area (Å²) in [7, 11) is 0. The summed E-state index contributed by atoms with van der Waals surface area (Å²) < 4.78 is 1.39. The predicted octanol–water partition coefficient (Wildman–Crippen LogP) is 1.05. The molecule has 0 atom stereocenters. The monoisotopic (exact) mass is 232 g/mol. The van der Waals surface area contributed by atoms with Crippen molar-refractivity contribution in [2.45, 2.75) is 6.54 Å². The Morgan fingerprint density at radius 3 is 2.65 bits per heavy atom. The fourth-order valence-electron chi connectivity index (χ4n) is 1.32. The third kappa shape index (κ3) is 2.33. The average molecular weight is 232 g/mol. The molecule has 0 unspecified atom stereocenters. The Balaban J connectivity index is 2.26. The molecule has 2 aromatic rings. The van der Waals surface area contributed by atoms with Gasteiger partial charge < -0.3 is 4.79 Å². The molecular formula is C10H8N4O3. The minimum Gasteiger partial charge on any atom is -0.301 e. The van der Waals surface area contributed by atoms with Crippen LogP contribution >= 0.6 is 0 Å². The lowest BCUT2D eigenvalue weighted by Gasteiger charge is -1.95. The molecule has 0 radical (unpaired) electrons. The molecule has 17 heavy (non-hydrogen) atoms. The van der Waals surface area contributed by atoms with Gasteiger partial charge in [0.25, 0.3) is 5.69 Å². The molecule has 1 aromatic heterocycles. The average Bonchev–Trinajstić information content (AvgIpc) is 2.78. The van der Waals surface area contributed by atoms with Gasteiger partial charge in [-0.25, -0.2) is 9.67 Å². The zero-order valence-electron chi connectivity index (χ0n) is 8.68. The van der Waals surface area contributed by atoms with Crippen LogP contribution in [0.25, 0.3) is 11.4 Å². The Labute approximate surface area is 95.9 Å². The molecule has 1 aromatic carbocycles. The molecule has 0 aliphatic rings. The molecule has 0 aliphatic heterocycles. The number of nitrogens with zero attached hydrogens (tertiary/aromatic N) is 4. The van der Waals surface area contributed by atoms with Gasteiger partial charge in [-0.15, -0.1) is 0 Å². The first-order valence-electron chi connectivity index (χ1n) is 4.78. The molecule has 2 rings (SSSR count). The quantitative estimate of drug-likeness (QED) is 0.446. The highest BCUT2D eigenvalue weighted by Crippen LogP contribution is 2.18. The Bertz CT molecular complexity index is 547. The van der Waals surface area contributed by atoms with Crippen LogP contribution in [0.1, 0.15) is 0 Å². The van der Waals surface area contributed by atoms with E-state index in [9.17, 15) is 14.9 Å². The second-order valence-corrected chi connectivity index (χ2v) is 3.26. The first kappa shape index (κ1) is 10.9. The molecule has 0 spiro atoms. The Morgan fingerprint density at radius 2 is 2.06 bits per heavy atom. The lowest BCUT2D eigenvalue weighted by atomic mass is 10.2. The highest BCUT2D eigenvalue weighted by molar-refractivity contribution is 5.57. The molecule has 0 bridgehead atoms. The second kappa shape index (κ2) is 4.52. The molecule has 0 N–H and O–H groups in total. The van der Waals surface area contributed by atoms with Gasteiger partial charge in [-0.3, -0.25) is 10.1 Å². The lowest BCUT2D eigenvalue weighted by Crippen LogP contribution is -1.98. The number of benzene rings is 1. The molecule has 1 heterocycles. The van der Waals surface area contributed by atoms with Crippen molar-refractivity contribution >= 4 is 12.0 Å². The lowest BCUT2D eigenvalue weighted by molar-refractivity contribution is -0.384. The third-order valence-electron chi connectivity index (χ3n) is 2.13. The van der Waals surface area contributed by atoms with E-state index in [2.05, 4.69) is 10.1 Å². The molecule has 0 fully saturated rings. The molecule has 0 saturated carbocycles. The van der Waals surface area contributed by atoms with E-state index in [-0.39, 0.29) is 12.2 Å². The highest BCUT2D eigenvalue weighted by Gasteiger charge is 2.07. The van der Waals surface area contributed by atoms with E-state index in [1.165, 1.54) is 23.1 Å². The number of rotatable bonds is 4. The molecule has 0 aliphatic carbocycles. The van der Waals surface area contributed by atoms with Crippen molar-refractivity contribution in [3.8, 4) is 11.4 Å². The number of nitro groups is 1. The van der Waals surface area contributed by atoms with Crippen LogP contribution in [0.2, 0.25) is 0 Å². The van der Waals surface area contributed by atoms with Crippen LogP contribution in [-0.4, -0.2) is 26.0 Å². The number of hydrogen-bond donors (Lipinski definition) is 0. The number of aldehydes is 1. The topological polar surface area (TPSA) is 90.9 Å². The van der Waals surface area contributed by atoms with Crippen molar-refractivity contribution in [3.05, 3.63) is 40.7 Å². The summed E-state index contributed by atoms with van der Waals surface area (Å²) in [6, 6.07) is 5.91. The zero-order chi connectivity index (χ0) is 12.3. The summed E-state index contributed by atoms with van der Waals surface area (Å²) in [4.78, 5) is 24.3. The van der Waals surface area contributed by atoms with Gasteiger partial charge in [-0.2, -0.15) is 5.10 Å². The SMILES string of the molecule is O=CCn1cnc(-c2ccc([N+](=O)[O-])cc2)n1.